The van der Waals surface area contributed by atoms with Crippen LogP contribution in [0, 0.1) is 0 Å². The Balaban J connectivity index is 3.24. The lowest BCUT2D eigenvalue weighted by molar-refractivity contribution is 0.124. The Morgan fingerprint density at radius 3 is 1.65 bits per heavy atom. The third-order valence-corrected chi connectivity index (χ3v) is 3.95. The van der Waals surface area contributed by atoms with Crippen LogP contribution in [0.15, 0.2) is 0 Å². The van der Waals surface area contributed by atoms with Gasteiger partial charge in [-0.1, -0.05) is 64.7 Å². The van der Waals surface area contributed by atoms with E-state index in [-0.39, 0.29) is 13.2 Å². The first-order chi connectivity index (χ1) is 9.62. The molecule has 5 nitrogen and oxygen atoms in total. The molecule has 20 heavy (non-hydrogen) atoms. The van der Waals surface area contributed by atoms with Crippen LogP contribution in [0.1, 0.15) is 71.1 Å². The third kappa shape index (κ3) is 14.2. The predicted molar refractivity (Wildman–Crippen MR) is 78.2 cm³/mol. The van der Waals surface area contributed by atoms with Crippen molar-refractivity contribution in [2.75, 3.05) is 19.8 Å². The fourth-order valence-electron chi connectivity index (χ4n) is 1.92. The molecule has 0 rings (SSSR count). The molecule has 0 aliphatic carbocycles. The van der Waals surface area contributed by atoms with Crippen LogP contribution in [0.5, 0.6) is 0 Å². The molecule has 0 unspecified atom stereocenters. The first kappa shape index (κ1) is 19.8. The molecule has 0 aromatic heterocycles. The summed E-state index contributed by atoms with van der Waals surface area (Å²) < 4.78 is 31.1. The van der Waals surface area contributed by atoms with Crippen molar-refractivity contribution >= 4 is 10.4 Å². The van der Waals surface area contributed by atoms with Crippen molar-refractivity contribution in [1.82, 2.24) is 0 Å². The van der Waals surface area contributed by atoms with Gasteiger partial charge in [-0.2, -0.15) is 8.42 Å². The molecule has 0 aromatic carbocycles. The van der Waals surface area contributed by atoms with E-state index in [1.54, 1.807) is 0 Å². The fourth-order valence-corrected chi connectivity index (χ4v) is 2.58. The van der Waals surface area contributed by atoms with E-state index < -0.39 is 17.0 Å². The third-order valence-electron chi connectivity index (χ3n) is 3.04. The normalized spacial score (nSPS) is 11.9. The molecule has 0 aliphatic heterocycles. The van der Waals surface area contributed by atoms with Crippen LogP contribution in [0.25, 0.3) is 0 Å². The molecule has 0 atom stereocenters. The molecule has 6 heteroatoms. The highest BCUT2D eigenvalue weighted by atomic mass is 32.3. The van der Waals surface area contributed by atoms with Gasteiger partial charge in [-0.25, -0.2) is 13.5 Å². The Hall–Kier alpha value is -0.170. The van der Waals surface area contributed by atoms with Gasteiger partial charge in [0.25, 0.3) is 0 Å². The maximum absolute atomic E-state index is 11.1. The van der Waals surface area contributed by atoms with Gasteiger partial charge in [0.2, 0.25) is 0 Å². The van der Waals surface area contributed by atoms with Gasteiger partial charge in [0.05, 0.1) is 13.2 Å². The summed E-state index contributed by atoms with van der Waals surface area (Å²) in [5.74, 6) is 0. The van der Waals surface area contributed by atoms with Gasteiger partial charge < -0.3 is 0 Å². The second-order valence-electron chi connectivity index (χ2n) is 4.94. The monoisotopic (exact) mass is 309 g/mol. The molecule has 0 saturated heterocycles. The van der Waals surface area contributed by atoms with Crippen LogP contribution < -0.4 is 0 Å². The Labute approximate surface area is 124 Å². The van der Waals surface area contributed by atoms with Crippen molar-refractivity contribution < 1.29 is 21.9 Å². The Morgan fingerprint density at radius 2 is 1.15 bits per heavy atom. The van der Waals surface area contributed by atoms with Crippen molar-refractivity contribution in [3.63, 3.8) is 0 Å². The number of hydrogen-bond donors (Lipinski definition) is 0. The highest BCUT2D eigenvalue weighted by molar-refractivity contribution is 7.81. The van der Waals surface area contributed by atoms with Gasteiger partial charge in [0, 0.05) is 0 Å². The minimum absolute atomic E-state index is 0.137. The maximum atomic E-state index is 11.1. The minimum atomic E-state index is -3.95. The van der Waals surface area contributed by atoms with Crippen LogP contribution in [-0.4, -0.2) is 28.2 Å². The lowest BCUT2D eigenvalue weighted by Gasteiger charge is -2.05. The number of rotatable bonds is 15. The molecule has 0 bridgehead atoms. The Kier molecular flexibility index (Phi) is 13.7. The molecule has 0 saturated carbocycles. The first-order valence-electron chi connectivity index (χ1n) is 7.74. The molecule has 0 amide bonds. The summed E-state index contributed by atoms with van der Waals surface area (Å²) in [4.78, 5) is 0. The molecule has 0 spiro atoms. The zero-order valence-corrected chi connectivity index (χ0v) is 13.5. The van der Waals surface area contributed by atoms with Crippen molar-refractivity contribution in [1.29, 1.82) is 0 Å². The van der Waals surface area contributed by atoms with Gasteiger partial charge in [0.1, 0.15) is 6.61 Å². The average Bonchev–Trinajstić information content (AvgIpc) is 2.42. The van der Waals surface area contributed by atoms with Crippen molar-refractivity contribution in [3.05, 3.63) is 0 Å². The van der Waals surface area contributed by atoms with Crippen molar-refractivity contribution in [3.8, 4) is 0 Å². The molecule has 0 aromatic rings. The van der Waals surface area contributed by atoms with Crippen LogP contribution in [0.3, 0.4) is 0 Å². The largest absolute Gasteiger partial charge is 0.399 e. The quantitative estimate of drug-likeness (QED) is 0.433. The van der Waals surface area contributed by atoms with Crippen molar-refractivity contribution in [2.45, 2.75) is 71.1 Å². The average molecular weight is 309 g/mol. The molecule has 121 valence electrons. The van der Waals surface area contributed by atoms with Crippen LogP contribution in [0.2, 0.25) is 0 Å². The predicted octanol–water partition coefficient (Wildman–Crippen LogP) is 3.62. The van der Waals surface area contributed by atoms with Gasteiger partial charge in [-0.3, -0.25) is 0 Å². The van der Waals surface area contributed by atoms with E-state index in [1.807, 2.05) is 0 Å². The molecule has 0 heterocycles. The van der Waals surface area contributed by atoms with E-state index >= 15 is 0 Å². The second-order valence-corrected chi connectivity index (χ2v) is 6.23. The fraction of sp³-hybridized carbons (Fsp3) is 1.00. The van der Waals surface area contributed by atoms with E-state index in [1.165, 1.54) is 44.9 Å². The standard InChI is InChI=1S/C14H29O5S/c1-2-3-4-5-6-7-8-9-10-11-13-18-20(16,17)19-14-12-15/h2-14H2,1H3. The lowest BCUT2D eigenvalue weighted by atomic mass is 10.1. The topological polar surface area (TPSA) is 72.5 Å². The van der Waals surface area contributed by atoms with Crippen molar-refractivity contribution in [2.24, 2.45) is 0 Å². The van der Waals surface area contributed by atoms with Crippen LogP contribution >= 0.6 is 0 Å². The van der Waals surface area contributed by atoms with E-state index in [4.69, 9.17) is 0 Å². The minimum Gasteiger partial charge on any atom is -0.248 e. The Bertz CT molecular complexity index is 290. The van der Waals surface area contributed by atoms with Gasteiger partial charge >= 0.3 is 10.4 Å². The van der Waals surface area contributed by atoms with Gasteiger partial charge in [0.15, 0.2) is 0 Å². The number of unbranched alkanes of at least 4 members (excludes halogenated alkanes) is 9. The van der Waals surface area contributed by atoms with Gasteiger partial charge in [-0.05, 0) is 6.42 Å². The zero-order chi connectivity index (χ0) is 15.1. The van der Waals surface area contributed by atoms with Crippen LogP contribution in [0.4, 0.5) is 0 Å². The van der Waals surface area contributed by atoms with E-state index in [2.05, 4.69) is 15.3 Å². The summed E-state index contributed by atoms with van der Waals surface area (Å²) in [7, 11) is -3.95. The molecule has 0 fully saturated rings. The van der Waals surface area contributed by atoms with Crippen LogP contribution in [-0.2, 0) is 23.9 Å². The Morgan fingerprint density at radius 1 is 0.700 bits per heavy atom. The molecule has 0 N–H and O–H groups in total. The summed E-state index contributed by atoms with van der Waals surface area (Å²) in [5, 5.41) is 10.1. The summed E-state index contributed by atoms with van der Waals surface area (Å²) in [6.45, 7) is 1.41. The molecule has 1 radical (unpaired) electrons. The smallest absolute Gasteiger partial charge is 0.248 e. The molecular formula is C14H29O5S. The van der Waals surface area contributed by atoms with E-state index in [0.717, 1.165) is 12.8 Å². The first-order valence-corrected chi connectivity index (χ1v) is 9.07. The SMILES string of the molecule is CCCCCCCCCCCCOS(=O)(=O)OCC[O]. The lowest BCUT2D eigenvalue weighted by Crippen LogP contribution is -2.13. The second kappa shape index (κ2) is 13.8. The maximum Gasteiger partial charge on any atom is 0.399 e. The summed E-state index contributed by atoms with van der Waals surface area (Å²) in [6, 6.07) is 0. The highest BCUT2D eigenvalue weighted by Crippen LogP contribution is 2.10. The van der Waals surface area contributed by atoms with Gasteiger partial charge in [-0.15, -0.1) is 0 Å². The molecule has 0 aliphatic rings. The zero-order valence-electron chi connectivity index (χ0n) is 12.6. The summed E-state index contributed by atoms with van der Waals surface area (Å²) >= 11 is 0. The number of hydrogen-bond acceptors (Lipinski definition) is 4. The summed E-state index contributed by atoms with van der Waals surface area (Å²) in [6.07, 6.45) is 11.8. The van der Waals surface area contributed by atoms with E-state index in [9.17, 15) is 13.5 Å². The highest BCUT2D eigenvalue weighted by Gasteiger charge is 2.10. The molecular weight excluding hydrogens is 280 g/mol. The van der Waals surface area contributed by atoms with E-state index in [0.29, 0.717) is 6.42 Å². The summed E-state index contributed by atoms with van der Waals surface area (Å²) in [5.41, 5.74) is 0.